The van der Waals surface area contributed by atoms with Crippen LogP contribution < -0.4 is 0 Å². The van der Waals surface area contributed by atoms with E-state index in [-0.39, 0.29) is 5.92 Å². The molecule has 0 aromatic heterocycles. The molecule has 0 heterocycles. The lowest BCUT2D eigenvalue weighted by Gasteiger charge is -2.25. The smallest absolute Gasteiger partial charge is 0.307 e. The largest absolute Gasteiger partial charge is 0.481 e. The van der Waals surface area contributed by atoms with Gasteiger partial charge in [0.05, 0.1) is 5.92 Å². The van der Waals surface area contributed by atoms with Crippen LogP contribution >= 0.6 is 15.9 Å². The molecule has 2 nitrogen and oxygen atoms in total. The molecule has 1 N–H and O–H groups in total. The summed E-state index contributed by atoms with van der Waals surface area (Å²) >= 11 is 3.27. The fourth-order valence-electron chi connectivity index (χ4n) is 1.93. The van der Waals surface area contributed by atoms with E-state index in [1.54, 1.807) is 0 Å². The summed E-state index contributed by atoms with van der Waals surface area (Å²) in [6, 6.07) is 0. The molecule has 0 amide bonds. The van der Waals surface area contributed by atoms with Gasteiger partial charge in [-0.25, -0.2) is 0 Å². The maximum atomic E-state index is 10.8. The lowest BCUT2D eigenvalue weighted by Crippen LogP contribution is -2.26. The van der Waals surface area contributed by atoms with Gasteiger partial charge >= 0.3 is 5.97 Å². The van der Waals surface area contributed by atoms with Gasteiger partial charge in [-0.1, -0.05) is 35.2 Å². The molecule has 12 heavy (non-hydrogen) atoms. The maximum absolute atomic E-state index is 10.8. The van der Waals surface area contributed by atoms with Gasteiger partial charge < -0.3 is 5.11 Å². The summed E-state index contributed by atoms with van der Waals surface area (Å²) in [6.45, 7) is 0. The molecule has 1 rings (SSSR count). The van der Waals surface area contributed by atoms with Crippen molar-refractivity contribution in [2.75, 3.05) is 5.33 Å². The number of carbonyl (C=O) groups is 1. The zero-order valence-electron chi connectivity index (χ0n) is 7.13. The molecular weight excluding hydrogens is 220 g/mol. The van der Waals surface area contributed by atoms with Gasteiger partial charge in [0.15, 0.2) is 0 Å². The Hall–Kier alpha value is -0.0500. The average molecular weight is 235 g/mol. The molecule has 1 saturated carbocycles. The highest BCUT2D eigenvalue weighted by Gasteiger charge is 2.27. The third-order valence-corrected chi connectivity index (χ3v) is 3.40. The molecule has 1 fully saturated rings. The van der Waals surface area contributed by atoms with E-state index in [4.69, 9.17) is 5.11 Å². The quantitative estimate of drug-likeness (QED) is 0.763. The molecule has 0 aromatic carbocycles. The summed E-state index contributed by atoms with van der Waals surface area (Å²) in [4.78, 5) is 10.8. The molecule has 0 aromatic rings. The zero-order valence-corrected chi connectivity index (χ0v) is 8.72. The first-order valence-corrected chi connectivity index (χ1v) is 5.66. The third kappa shape index (κ3) is 2.47. The fraction of sp³-hybridized carbons (Fsp3) is 0.889. The molecule has 0 saturated heterocycles. The van der Waals surface area contributed by atoms with Crippen LogP contribution in [0.15, 0.2) is 0 Å². The van der Waals surface area contributed by atoms with Crippen molar-refractivity contribution in [3.05, 3.63) is 0 Å². The summed E-state index contributed by atoms with van der Waals surface area (Å²) in [5, 5.41) is 9.50. The highest BCUT2D eigenvalue weighted by atomic mass is 79.9. The Morgan fingerprint density at radius 1 is 1.42 bits per heavy atom. The van der Waals surface area contributed by atoms with Gasteiger partial charge in [-0.05, 0) is 18.8 Å². The van der Waals surface area contributed by atoms with Crippen molar-refractivity contribution in [2.45, 2.75) is 32.1 Å². The molecule has 3 heteroatoms. The van der Waals surface area contributed by atoms with Crippen molar-refractivity contribution < 1.29 is 9.90 Å². The summed E-state index contributed by atoms with van der Waals surface area (Å²) in [5.74, 6) is -0.389. The summed E-state index contributed by atoms with van der Waals surface area (Å²) in [5.41, 5.74) is 0. The Balaban J connectivity index is 2.46. The van der Waals surface area contributed by atoms with Crippen molar-refractivity contribution in [3.63, 3.8) is 0 Å². The number of hydrogen-bond donors (Lipinski definition) is 1. The normalized spacial score (nSPS) is 22.1. The van der Waals surface area contributed by atoms with Crippen molar-refractivity contribution in [1.29, 1.82) is 0 Å². The Labute approximate surface area is 81.5 Å². The number of aliphatic carboxylic acids is 1. The highest BCUT2D eigenvalue weighted by molar-refractivity contribution is 9.09. The molecule has 0 unspecified atom stereocenters. The van der Waals surface area contributed by atoms with Crippen molar-refractivity contribution in [2.24, 2.45) is 11.8 Å². The van der Waals surface area contributed by atoms with Crippen LogP contribution in [0.4, 0.5) is 0 Å². The summed E-state index contributed by atoms with van der Waals surface area (Å²) in [7, 11) is 0. The fourth-order valence-corrected chi connectivity index (χ4v) is 2.74. The van der Waals surface area contributed by atoms with Crippen LogP contribution in [-0.4, -0.2) is 16.4 Å². The maximum Gasteiger partial charge on any atom is 0.307 e. The van der Waals surface area contributed by atoms with Crippen molar-refractivity contribution >= 4 is 21.9 Å². The van der Waals surface area contributed by atoms with Crippen molar-refractivity contribution in [1.82, 2.24) is 0 Å². The van der Waals surface area contributed by atoms with Gasteiger partial charge in [0.25, 0.3) is 0 Å². The van der Waals surface area contributed by atoms with Crippen LogP contribution in [0.2, 0.25) is 0 Å². The summed E-state index contributed by atoms with van der Waals surface area (Å²) < 4.78 is 0. The second-order valence-electron chi connectivity index (χ2n) is 3.50. The molecule has 0 bridgehead atoms. The molecular formula is C9H15BrO2. The van der Waals surface area contributed by atoms with Crippen LogP contribution in [0.1, 0.15) is 32.1 Å². The van der Waals surface area contributed by atoms with Gasteiger partial charge in [-0.15, -0.1) is 0 Å². The first kappa shape index (κ1) is 10.0. The second-order valence-corrected chi connectivity index (χ2v) is 4.14. The molecule has 0 aliphatic heterocycles. The van der Waals surface area contributed by atoms with Gasteiger partial charge in [0.2, 0.25) is 0 Å². The average Bonchev–Trinajstić information content (AvgIpc) is 2.07. The minimum absolute atomic E-state index is 0.162. The number of rotatable bonds is 3. The first-order valence-electron chi connectivity index (χ1n) is 4.54. The SMILES string of the molecule is O=C(O)[C@@H](CBr)C1CCCCC1. The van der Waals surface area contributed by atoms with E-state index in [1.807, 2.05) is 0 Å². The van der Waals surface area contributed by atoms with Crippen LogP contribution in [0, 0.1) is 11.8 Å². The molecule has 1 aliphatic rings. The number of carboxylic acid groups (broad SMARTS) is 1. The van der Waals surface area contributed by atoms with Crippen LogP contribution in [0.5, 0.6) is 0 Å². The van der Waals surface area contributed by atoms with Crippen LogP contribution in [0.25, 0.3) is 0 Å². The predicted molar refractivity (Wildman–Crippen MR) is 51.5 cm³/mol. The van der Waals surface area contributed by atoms with Crippen molar-refractivity contribution in [3.8, 4) is 0 Å². The Morgan fingerprint density at radius 2 is 2.00 bits per heavy atom. The van der Waals surface area contributed by atoms with E-state index in [2.05, 4.69) is 15.9 Å². The number of alkyl halides is 1. The Bertz CT molecular complexity index is 153. The van der Waals surface area contributed by atoms with E-state index < -0.39 is 5.97 Å². The summed E-state index contributed by atoms with van der Waals surface area (Å²) in [6.07, 6.45) is 5.90. The lowest BCUT2D eigenvalue weighted by atomic mass is 9.81. The van der Waals surface area contributed by atoms with E-state index in [9.17, 15) is 4.79 Å². The highest BCUT2D eigenvalue weighted by Crippen LogP contribution is 2.30. The monoisotopic (exact) mass is 234 g/mol. The number of hydrogen-bond acceptors (Lipinski definition) is 1. The van der Waals surface area contributed by atoms with E-state index in [0.717, 1.165) is 12.8 Å². The Morgan fingerprint density at radius 3 is 2.42 bits per heavy atom. The van der Waals surface area contributed by atoms with Gasteiger partial charge in [-0.3, -0.25) is 4.79 Å². The molecule has 0 spiro atoms. The van der Waals surface area contributed by atoms with Crippen LogP contribution in [0.3, 0.4) is 0 Å². The minimum Gasteiger partial charge on any atom is -0.481 e. The predicted octanol–water partition coefficient (Wildman–Crippen LogP) is 2.66. The van der Waals surface area contributed by atoms with E-state index in [1.165, 1.54) is 19.3 Å². The minimum atomic E-state index is -0.640. The van der Waals surface area contributed by atoms with Crippen LogP contribution in [-0.2, 0) is 4.79 Å². The second kappa shape index (κ2) is 4.85. The topological polar surface area (TPSA) is 37.3 Å². The molecule has 70 valence electrons. The number of halogens is 1. The molecule has 1 aliphatic carbocycles. The number of carboxylic acids is 1. The lowest BCUT2D eigenvalue weighted by molar-refractivity contribution is -0.143. The molecule has 1 atom stereocenters. The first-order chi connectivity index (χ1) is 5.75. The van der Waals surface area contributed by atoms with Gasteiger partial charge in [-0.2, -0.15) is 0 Å². The third-order valence-electron chi connectivity index (χ3n) is 2.70. The molecule has 0 radical (unpaired) electrons. The van der Waals surface area contributed by atoms with E-state index in [0.29, 0.717) is 11.2 Å². The van der Waals surface area contributed by atoms with Gasteiger partial charge in [0, 0.05) is 5.33 Å². The van der Waals surface area contributed by atoms with E-state index >= 15 is 0 Å². The van der Waals surface area contributed by atoms with Gasteiger partial charge in [0.1, 0.15) is 0 Å². The standard InChI is InChI=1S/C9H15BrO2/c10-6-8(9(11)12)7-4-2-1-3-5-7/h7-8H,1-6H2,(H,11,12)/t8-/m0/s1. The zero-order chi connectivity index (χ0) is 8.97. The Kier molecular flexibility index (Phi) is 4.06.